The molecule has 0 fully saturated rings. The second-order valence-corrected chi connectivity index (χ2v) is 2.38. The Morgan fingerprint density at radius 1 is 1.33 bits per heavy atom. The molecule has 0 radical (unpaired) electrons. The third-order valence-corrected chi connectivity index (χ3v) is 1.65. The number of hydrogen-bond acceptors (Lipinski definition) is 0. The molecule has 1 aromatic rings. The predicted molar refractivity (Wildman–Crippen MR) is 38.1 cm³/mol. The number of aromatic nitrogens is 1. The molecule has 1 N–H and O–H groups in total. The summed E-state index contributed by atoms with van der Waals surface area (Å²) in [5.74, 6) is 0. The molecule has 1 aromatic heterocycles. The molecule has 0 spiro atoms. The molecule has 0 unspecified atom stereocenters. The lowest BCUT2D eigenvalue weighted by atomic mass is 10.2. The molecular formula is C8H9N. The van der Waals surface area contributed by atoms with Gasteiger partial charge >= 0.3 is 0 Å². The molecule has 1 heteroatoms. The SMILES string of the molecule is C1=Cc2ccc([nH]2)CC1. The molecule has 9 heavy (non-hydrogen) atoms. The Kier molecular flexibility index (Phi) is 0.950. The van der Waals surface area contributed by atoms with Crippen LogP contribution in [0.15, 0.2) is 18.2 Å². The number of fused-ring (bicyclic) bond motifs is 2. The maximum absolute atomic E-state index is 3.29. The fraction of sp³-hybridized carbons (Fsp3) is 0.250. The molecule has 0 aromatic carbocycles. The van der Waals surface area contributed by atoms with E-state index in [2.05, 4.69) is 29.3 Å². The van der Waals surface area contributed by atoms with Gasteiger partial charge < -0.3 is 4.98 Å². The Morgan fingerprint density at radius 3 is 3.33 bits per heavy atom. The first-order valence-electron chi connectivity index (χ1n) is 3.29. The molecule has 0 saturated heterocycles. The van der Waals surface area contributed by atoms with E-state index in [0.717, 1.165) is 6.42 Å². The molecule has 2 rings (SSSR count). The van der Waals surface area contributed by atoms with Gasteiger partial charge in [-0.25, -0.2) is 0 Å². The van der Waals surface area contributed by atoms with E-state index in [4.69, 9.17) is 0 Å². The Hall–Kier alpha value is -0.980. The van der Waals surface area contributed by atoms with Crippen LogP contribution in [0.4, 0.5) is 0 Å². The van der Waals surface area contributed by atoms with E-state index in [1.54, 1.807) is 0 Å². The fourth-order valence-electron chi connectivity index (χ4n) is 1.15. The molecule has 2 bridgehead atoms. The average molecular weight is 119 g/mol. The summed E-state index contributed by atoms with van der Waals surface area (Å²) in [7, 11) is 0. The van der Waals surface area contributed by atoms with Crippen molar-refractivity contribution >= 4 is 6.08 Å². The predicted octanol–water partition coefficient (Wildman–Crippen LogP) is 1.97. The number of nitrogens with one attached hydrogen (secondary N) is 1. The van der Waals surface area contributed by atoms with Crippen molar-refractivity contribution < 1.29 is 0 Å². The standard InChI is InChI=1S/C8H9N/c1-2-4-8-6-5-7(3-1)9-8/h1,3,5-6,9H,2,4H2. The zero-order chi connectivity index (χ0) is 6.10. The van der Waals surface area contributed by atoms with Crippen LogP contribution in [-0.2, 0) is 6.42 Å². The minimum atomic E-state index is 1.16. The Bertz CT molecular complexity index is 232. The van der Waals surface area contributed by atoms with Crippen LogP contribution in [0.5, 0.6) is 0 Å². The normalized spacial score (nSPS) is 15.6. The number of aryl methyl sites for hydroxylation is 1. The lowest BCUT2D eigenvalue weighted by Crippen LogP contribution is -1.78. The van der Waals surface area contributed by atoms with Crippen molar-refractivity contribution in [3.8, 4) is 0 Å². The van der Waals surface area contributed by atoms with Crippen LogP contribution in [0.3, 0.4) is 0 Å². The topological polar surface area (TPSA) is 15.8 Å². The molecule has 0 amide bonds. The maximum atomic E-state index is 3.29. The van der Waals surface area contributed by atoms with E-state index in [0.29, 0.717) is 0 Å². The monoisotopic (exact) mass is 119 g/mol. The molecule has 2 heterocycles. The third kappa shape index (κ3) is 0.784. The Labute approximate surface area is 54.4 Å². The van der Waals surface area contributed by atoms with E-state index < -0.39 is 0 Å². The van der Waals surface area contributed by atoms with Gasteiger partial charge in [-0.3, -0.25) is 0 Å². The summed E-state index contributed by atoms with van der Waals surface area (Å²) in [5.41, 5.74) is 2.59. The highest BCUT2D eigenvalue weighted by molar-refractivity contribution is 5.46. The number of H-pyrrole nitrogens is 1. The van der Waals surface area contributed by atoms with Gasteiger partial charge in [-0.15, -0.1) is 0 Å². The van der Waals surface area contributed by atoms with Crippen LogP contribution >= 0.6 is 0 Å². The van der Waals surface area contributed by atoms with Crippen LogP contribution in [-0.4, -0.2) is 4.98 Å². The minimum Gasteiger partial charge on any atom is -0.359 e. The van der Waals surface area contributed by atoms with Gasteiger partial charge in [-0.1, -0.05) is 6.08 Å². The molecule has 0 aliphatic carbocycles. The highest BCUT2D eigenvalue weighted by atomic mass is 14.7. The van der Waals surface area contributed by atoms with Crippen LogP contribution in [0.25, 0.3) is 6.08 Å². The molecule has 46 valence electrons. The zero-order valence-corrected chi connectivity index (χ0v) is 5.22. The summed E-state index contributed by atoms with van der Waals surface area (Å²) in [6.07, 6.45) is 6.68. The maximum Gasteiger partial charge on any atom is 0.0379 e. The van der Waals surface area contributed by atoms with Crippen LogP contribution < -0.4 is 0 Å². The van der Waals surface area contributed by atoms with Crippen LogP contribution in [0.1, 0.15) is 17.8 Å². The van der Waals surface area contributed by atoms with Crippen molar-refractivity contribution in [3.05, 3.63) is 29.6 Å². The highest BCUT2D eigenvalue weighted by Crippen LogP contribution is 2.10. The molecular weight excluding hydrogens is 110 g/mol. The van der Waals surface area contributed by atoms with E-state index in [1.807, 2.05) is 0 Å². The van der Waals surface area contributed by atoms with E-state index >= 15 is 0 Å². The first-order valence-corrected chi connectivity index (χ1v) is 3.29. The average Bonchev–Trinajstić information content (AvgIpc) is 2.09. The Balaban J connectivity index is 2.52. The smallest absolute Gasteiger partial charge is 0.0379 e. The lowest BCUT2D eigenvalue weighted by Gasteiger charge is -1.87. The van der Waals surface area contributed by atoms with Gasteiger partial charge in [0, 0.05) is 11.4 Å². The highest BCUT2D eigenvalue weighted by Gasteiger charge is 1.97. The molecule has 1 aliphatic rings. The van der Waals surface area contributed by atoms with Gasteiger partial charge in [-0.05, 0) is 31.1 Å². The third-order valence-electron chi connectivity index (χ3n) is 1.65. The quantitative estimate of drug-likeness (QED) is 0.537. The Morgan fingerprint density at radius 2 is 2.33 bits per heavy atom. The number of allylic oxidation sites excluding steroid dienone is 1. The fourth-order valence-corrected chi connectivity index (χ4v) is 1.15. The summed E-state index contributed by atoms with van der Waals surface area (Å²) in [4.78, 5) is 3.29. The van der Waals surface area contributed by atoms with Crippen molar-refractivity contribution in [2.45, 2.75) is 12.8 Å². The summed E-state index contributed by atoms with van der Waals surface area (Å²) in [6, 6.07) is 4.27. The zero-order valence-electron chi connectivity index (χ0n) is 5.22. The van der Waals surface area contributed by atoms with Crippen molar-refractivity contribution in [2.75, 3.05) is 0 Å². The van der Waals surface area contributed by atoms with E-state index in [1.165, 1.54) is 17.8 Å². The summed E-state index contributed by atoms with van der Waals surface area (Å²) < 4.78 is 0. The van der Waals surface area contributed by atoms with Gasteiger partial charge in [0.25, 0.3) is 0 Å². The van der Waals surface area contributed by atoms with Crippen LogP contribution in [0.2, 0.25) is 0 Å². The van der Waals surface area contributed by atoms with Gasteiger partial charge in [0.15, 0.2) is 0 Å². The van der Waals surface area contributed by atoms with Crippen molar-refractivity contribution in [1.29, 1.82) is 0 Å². The number of aromatic amines is 1. The summed E-state index contributed by atoms with van der Waals surface area (Å²) in [5, 5.41) is 0. The summed E-state index contributed by atoms with van der Waals surface area (Å²) in [6.45, 7) is 0. The van der Waals surface area contributed by atoms with Crippen LogP contribution in [0, 0.1) is 0 Å². The lowest BCUT2D eigenvalue weighted by molar-refractivity contribution is 0.971. The van der Waals surface area contributed by atoms with Crippen molar-refractivity contribution in [2.24, 2.45) is 0 Å². The molecule has 0 saturated carbocycles. The first kappa shape index (κ1) is 4.86. The number of hydrogen-bond donors (Lipinski definition) is 1. The van der Waals surface area contributed by atoms with Gasteiger partial charge in [-0.2, -0.15) is 0 Å². The molecule has 1 aliphatic heterocycles. The van der Waals surface area contributed by atoms with Gasteiger partial charge in [0.2, 0.25) is 0 Å². The van der Waals surface area contributed by atoms with Crippen molar-refractivity contribution in [3.63, 3.8) is 0 Å². The van der Waals surface area contributed by atoms with Crippen molar-refractivity contribution in [1.82, 2.24) is 4.98 Å². The van der Waals surface area contributed by atoms with Gasteiger partial charge in [0.1, 0.15) is 0 Å². The van der Waals surface area contributed by atoms with E-state index in [-0.39, 0.29) is 0 Å². The summed E-state index contributed by atoms with van der Waals surface area (Å²) >= 11 is 0. The largest absolute Gasteiger partial charge is 0.359 e. The van der Waals surface area contributed by atoms with Gasteiger partial charge in [0.05, 0.1) is 0 Å². The minimum absolute atomic E-state index is 1.16. The number of rotatable bonds is 0. The molecule has 0 atom stereocenters. The second-order valence-electron chi connectivity index (χ2n) is 2.38. The first-order chi connectivity index (χ1) is 4.45. The second kappa shape index (κ2) is 1.76. The molecule has 1 nitrogen and oxygen atoms in total. The van der Waals surface area contributed by atoms with E-state index in [9.17, 15) is 0 Å².